The van der Waals surface area contributed by atoms with Crippen LogP contribution in [0.4, 0.5) is 4.39 Å². The van der Waals surface area contributed by atoms with Gasteiger partial charge in [0.2, 0.25) is 0 Å². The molecule has 1 heterocycles. The molecule has 0 bridgehead atoms. The lowest BCUT2D eigenvalue weighted by Crippen LogP contribution is -2.42. The topological polar surface area (TPSA) is 78.0 Å². The van der Waals surface area contributed by atoms with Gasteiger partial charge < -0.3 is 10.4 Å². The Kier molecular flexibility index (Phi) is 5.20. The van der Waals surface area contributed by atoms with E-state index in [1.165, 1.54) is 24.0 Å². The van der Waals surface area contributed by atoms with E-state index in [-0.39, 0.29) is 17.7 Å². The number of benzene rings is 1. The Balaban J connectivity index is 2.16. The molecule has 1 amide bonds. The van der Waals surface area contributed by atoms with Crippen molar-refractivity contribution in [1.29, 1.82) is 0 Å². The van der Waals surface area contributed by atoms with Crippen molar-refractivity contribution in [2.75, 3.05) is 18.6 Å². The summed E-state index contributed by atoms with van der Waals surface area (Å²) in [6.45, 7) is 1.76. The number of hydrogen-bond acceptors (Lipinski definition) is 4. The predicted octanol–water partition coefficient (Wildman–Crippen LogP) is 2.06. The molecule has 0 aliphatic rings. The average Bonchev–Trinajstić information content (AvgIpc) is 2.94. The van der Waals surface area contributed by atoms with E-state index in [2.05, 4.69) is 15.5 Å². The Morgan fingerprint density at radius 3 is 2.91 bits per heavy atom. The minimum Gasteiger partial charge on any atom is -0.387 e. The molecule has 1 unspecified atom stereocenters. The van der Waals surface area contributed by atoms with Crippen LogP contribution in [-0.2, 0) is 0 Å². The molecule has 5 nitrogen and oxygen atoms in total. The first-order chi connectivity index (χ1) is 10.4. The van der Waals surface area contributed by atoms with Crippen molar-refractivity contribution in [3.05, 3.63) is 41.8 Å². The summed E-state index contributed by atoms with van der Waals surface area (Å²) in [5, 5.41) is 19.2. The van der Waals surface area contributed by atoms with Crippen LogP contribution in [0.15, 0.2) is 30.5 Å². The lowest BCUT2D eigenvalue weighted by atomic mass is 10.1. The molecule has 0 radical (unpaired) electrons. The lowest BCUT2D eigenvalue weighted by molar-refractivity contribution is 0.0725. The quantitative estimate of drug-likeness (QED) is 0.760. The number of aliphatic hydroxyl groups is 1. The van der Waals surface area contributed by atoms with Gasteiger partial charge in [0.25, 0.3) is 5.91 Å². The highest BCUT2D eigenvalue weighted by Crippen LogP contribution is 2.23. The molecular formula is C15H18FN3O2S. The van der Waals surface area contributed by atoms with E-state index in [4.69, 9.17) is 0 Å². The number of aromatic amines is 1. The number of thioether (sulfide) groups is 1. The van der Waals surface area contributed by atoms with Crippen molar-refractivity contribution in [2.45, 2.75) is 12.5 Å². The summed E-state index contributed by atoms with van der Waals surface area (Å²) in [6, 6.07) is 6.16. The molecule has 3 N–H and O–H groups in total. The van der Waals surface area contributed by atoms with Gasteiger partial charge in [0.05, 0.1) is 23.1 Å². The Labute approximate surface area is 132 Å². The van der Waals surface area contributed by atoms with Gasteiger partial charge in [-0.3, -0.25) is 9.89 Å². The van der Waals surface area contributed by atoms with E-state index in [1.807, 2.05) is 6.26 Å². The molecule has 7 heteroatoms. The van der Waals surface area contributed by atoms with E-state index in [0.29, 0.717) is 11.4 Å². The number of H-pyrrole nitrogens is 1. The van der Waals surface area contributed by atoms with Crippen molar-refractivity contribution in [3.8, 4) is 11.3 Å². The highest BCUT2D eigenvalue weighted by Gasteiger charge is 2.23. The van der Waals surface area contributed by atoms with Crippen LogP contribution in [0, 0.1) is 5.82 Å². The highest BCUT2D eigenvalue weighted by atomic mass is 32.2. The van der Waals surface area contributed by atoms with Gasteiger partial charge in [-0.15, -0.1) is 0 Å². The van der Waals surface area contributed by atoms with E-state index in [0.717, 1.165) is 0 Å². The zero-order chi connectivity index (χ0) is 16.2. The summed E-state index contributed by atoms with van der Waals surface area (Å²) >= 11 is 1.49. The van der Waals surface area contributed by atoms with Crippen LogP contribution in [0.5, 0.6) is 0 Å². The lowest BCUT2D eigenvalue weighted by Gasteiger charge is -2.22. The molecule has 22 heavy (non-hydrogen) atoms. The number of rotatable bonds is 6. The Morgan fingerprint density at radius 1 is 1.50 bits per heavy atom. The van der Waals surface area contributed by atoms with Crippen molar-refractivity contribution >= 4 is 17.7 Å². The van der Waals surface area contributed by atoms with Crippen LogP contribution in [-0.4, -0.2) is 45.4 Å². The Hall–Kier alpha value is -1.86. The molecule has 1 atom stereocenters. The third kappa shape index (κ3) is 3.86. The molecule has 0 spiro atoms. The molecule has 0 aliphatic heterocycles. The van der Waals surface area contributed by atoms with Gasteiger partial charge in [0, 0.05) is 17.9 Å². The molecule has 0 saturated heterocycles. The molecule has 2 aromatic rings. The minimum absolute atomic E-state index is 0.106. The normalized spacial score (nSPS) is 13.6. The largest absolute Gasteiger partial charge is 0.387 e. The molecule has 1 aromatic carbocycles. The van der Waals surface area contributed by atoms with Crippen LogP contribution in [0.25, 0.3) is 11.3 Å². The van der Waals surface area contributed by atoms with Gasteiger partial charge in [-0.1, -0.05) is 12.1 Å². The Morgan fingerprint density at radius 2 is 2.23 bits per heavy atom. The van der Waals surface area contributed by atoms with Gasteiger partial charge >= 0.3 is 0 Å². The summed E-state index contributed by atoms with van der Waals surface area (Å²) in [4.78, 5) is 12.3. The third-order valence-corrected chi connectivity index (χ3v) is 4.02. The van der Waals surface area contributed by atoms with E-state index >= 15 is 0 Å². The van der Waals surface area contributed by atoms with Gasteiger partial charge in [-0.25, -0.2) is 4.39 Å². The van der Waals surface area contributed by atoms with Crippen LogP contribution in [0.2, 0.25) is 0 Å². The second-order valence-corrected chi connectivity index (χ2v) is 6.12. The SMILES string of the molecule is CSCC(C)(O)CNC(=O)c1cn[nH]c1-c1ccccc1F. The summed E-state index contributed by atoms with van der Waals surface area (Å²) in [7, 11) is 0. The monoisotopic (exact) mass is 323 g/mol. The molecule has 0 saturated carbocycles. The number of carbonyl (C=O) groups excluding carboxylic acids is 1. The van der Waals surface area contributed by atoms with Crippen LogP contribution in [0.1, 0.15) is 17.3 Å². The van der Waals surface area contributed by atoms with Crippen LogP contribution >= 0.6 is 11.8 Å². The zero-order valence-corrected chi connectivity index (χ0v) is 13.2. The van der Waals surface area contributed by atoms with E-state index in [1.54, 1.807) is 25.1 Å². The number of carbonyl (C=O) groups is 1. The first-order valence-electron chi connectivity index (χ1n) is 6.72. The fraction of sp³-hybridized carbons (Fsp3) is 0.333. The van der Waals surface area contributed by atoms with Gasteiger partial charge in [0.15, 0.2) is 0 Å². The van der Waals surface area contributed by atoms with Gasteiger partial charge in [-0.2, -0.15) is 16.9 Å². The molecule has 2 rings (SSSR count). The van der Waals surface area contributed by atoms with Crippen molar-refractivity contribution in [3.63, 3.8) is 0 Å². The van der Waals surface area contributed by atoms with E-state index in [9.17, 15) is 14.3 Å². The minimum atomic E-state index is -1.00. The number of nitrogens with zero attached hydrogens (tertiary/aromatic N) is 1. The molecule has 118 valence electrons. The standard InChI is InChI=1S/C15H18FN3O2S/c1-15(21,9-22-2)8-17-14(20)11-7-18-19-13(11)10-5-3-4-6-12(10)16/h3-7,21H,8-9H2,1-2H3,(H,17,20)(H,18,19). The second kappa shape index (κ2) is 6.93. The van der Waals surface area contributed by atoms with Crippen molar-refractivity contribution in [1.82, 2.24) is 15.5 Å². The molecular weight excluding hydrogens is 305 g/mol. The molecule has 0 aliphatic carbocycles. The maximum absolute atomic E-state index is 13.8. The number of amides is 1. The maximum Gasteiger partial charge on any atom is 0.255 e. The Bertz CT molecular complexity index is 658. The average molecular weight is 323 g/mol. The smallest absolute Gasteiger partial charge is 0.255 e. The number of aromatic nitrogens is 2. The summed E-state index contributed by atoms with van der Waals surface area (Å²) in [6.07, 6.45) is 3.23. The van der Waals surface area contributed by atoms with Crippen molar-refractivity contribution < 1.29 is 14.3 Å². The molecule has 1 aromatic heterocycles. The summed E-state index contributed by atoms with van der Waals surface area (Å²) in [5.74, 6) is -0.345. The maximum atomic E-state index is 13.8. The number of hydrogen-bond donors (Lipinski definition) is 3. The third-order valence-electron chi connectivity index (χ3n) is 3.11. The first kappa shape index (κ1) is 16.5. The zero-order valence-electron chi connectivity index (χ0n) is 12.4. The first-order valence-corrected chi connectivity index (χ1v) is 8.12. The number of halogens is 1. The van der Waals surface area contributed by atoms with Crippen LogP contribution < -0.4 is 5.32 Å². The summed E-state index contributed by atoms with van der Waals surface area (Å²) < 4.78 is 13.8. The van der Waals surface area contributed by atoms with Gasteiger partial charge in [0.1, 0.15) is 5.82 Å². The highest BCUT2D eigenvalue weighted by molar-refractivity contribution is 7.98. The number of nitrogens with one attached hydrogen (secondary N) is 2. The molecule has 0 fully saturated rings. The van der Waals surface area contributed by atoms with Gasteiger partial charge in [-0.05, 0) is 25.3 Å². The van der Waals surface area contributed by atoms with Crippen molar-refractivity contribution in [2.24, 2.45) is 0 Å². The summed E-state index contributed by atoms with van der Waals surface area (Å²) in [5.41, 5.74) is -0.164. The fourth-order valence-corrected chi connectivity index (χ4v) is 2.78. The fourth-order valence-electron chi connectivity index (χ4n) is 2.06. The second-order valence-electron chi connectivity index (χ2n) is 5.25. The predicted molar refractivity (Wildman–Crippen MR) is 85.3 cm³/mol. The van der Waals surface area contributed by atoms with E-state index < -0.39 is 17.3 Å². The van der Waals surface area contributed by atoms with Crippen LogP contribution in [0.3, 0.4) is 0 Å².